The van der Waals surface area contributed by atoms with E-state index in [9.17, 15) is 4.79 Å². The zero-order chi connectivity index (χ0) is 19.1. The molecule has 0 saturated carbocycles. The average Bonchev–Trinajstić information content (AvgIpc) is 3.13. The van der Waals surface area contributed by atoms with Gasteiger partial charge in [-0.3, -0.25) is 0 Å². The molecule has 0 atom stereocenters. The normalized spacial score (nSPS) is 15.1. The Balaban J connectivity index is 1.41. The third-order valence-electron chi connectivity index (χ3n) is 4.85. The number of hydrogen-bond donors (Lipinski definition) is 1. The van der Waals surface area contributed by atoms with Crippen LogP contribution < -0.4 is 5.32 Å². The molecule has 27 heavy (non-hydrogen) atoms. The number of urea groups is 1. The van der Waals surface area contributed by atoms with Gasteiger partial charge in [-0.2, -0.15) is 0 Å². The van der Waals surface area contributed by atoms with Crippen LogP contribution in [0.25, 0.3) is 0 Å². The van der Waals surface area contributed by atoms with E-state index in [1.807, 2.05) is 28.7 Å². The summed E-state index contributed by atoms with van der Waals surface area (Å²) in [6.07, 6.45) is 5.99. The van der Waals surface area contributed by atoms with Crippen molar-refractivity contribution in [2.75, 3.05) is 33.4 Å². The van der Waals surface area contributed by atoms with E-state index >= 15 is 0 Å². The SMILES string of the molecule is COCCn1cnnc1CCNC(=O)N1CCC(c2ccnc(C)n2)CC1. The second-order valence-electron chi connectivity index (χ2n) is 6.71. The summed E-state index contributed by atoms with van der Waals surface area (Å²) in [7, 11) is 1.67. The van der Waals surface area contributed by atoms with Crippen molar-refractivity contribution in [3.8, 4) is 0 Å². The van der Waals surface area contributed by atoms with Gasteiger partial charge in [-0.15, -0.1) is 10.2 Å². The van der Waals surface area contributed by atoms with E-state index in [-0.39, 0.29) is 6.03 Å². The van der Waals surface area contributed by atoms with Crippen LogP contribution in [0.5, 0.6) is 0 Å². The van der Waals surface area contributed by atoms with E-state index in [0.717, 1.165) is 43.3 Å². The number of likely N-dealkylation sites (tertiary alicyclic amines) is 1. The van der Waals surface area contributed by atoms with Gasteiger partial charge in [0.15, 0.2) is 0 Å². The number of aryl methyl sites for hydroxylation is 1. The molecule has 2 amide bonds. The number of piperidine rings is 1. The number of amides is 2. The highest BCUT2D eigenvalue weighted by Gasteiger charge is 2.24. The number of carbonyl (C=O) groups is 1. The number of aromatic nitrogens is 5. The molecule has 0 aromatic carbocycles. The van der Waals surface area contributed by atoms with E-state index in [4.69, 9.17) is 4.74 Å². The second-order valence-corrected chi connectivity index (χ2v) is 6.71. The van der Waals surface area contributed by atoms with E-state index < -0.39 is 0 Å². The van der Waals surface area contributed by atoms with Crippen molar-refractivity contribution < 1.29 is 9.53 Å². The first-order valence-corrected chi connectivity index (χ1v) is 9.35. The first kappa shape index (κ1) is 19.2. The van der Waals surface area contributed by atoms with Gasteiger partial charge in [-0.25, -0.2) is 14.8 Å². The molecule has 2 aromatic rings. The molecule has 9 nitrogen and oxygen atoms in total. The minimum Gasteiger partial charge on any atom is -0.383 e. The number of nitrogens with zero attached hydrogens (tertiary/aromatic N) is 6. The maximum Gasteiger partial charge on any atom is 0.317 e. The van der Waals surface area contributed by atoms with E-state index in [1.165, 1.54) is 0 Å². The quantitative estimate of drug-likeness (QED) is 0.782. The molecule has 3 rings (SSSR count). The van der Waals surface area contributed by atoms with Gasteiger partial charge in [-0.05, 0) is 25.8 Å². The largest absolute Gasteiger partial charge is 0.383 e. The Morgan fingerprint density at radius 1 is 1.37 bits per heavy atom. The first-order valence-electron chi connectivity index (χ1n) is 9.35. The van der Waals surface area contributed by atoms with Crippen molar-refractivity contribution in [3.05, 3.63) is 35.9 Å². The molecular formula is C18H27N7O2. The van der Waals surface area contributed by atoms with E-state index in [2.05, 4.69) is 25.5 Å². The van der Waals surface area contributed by atoms with Crippen LogP contribution in [0.1, 0.15) is 36.1 Å². The van der Waals surface area contributed by atoms with Crippen molar-refractivity contribution in [1.29, 1.82) is 0 Å². The third-order valence-corrected chi connectivity index (χ3v) is 4.85. The topological polar surface area (TPSA) is 98.1 Å². The van der Waals surface area contributed by atoms with Crippen molar-refractivity contribution >= 4 is 6.03 Å². The fourth-order valence-corrected chi connectivity index (χ4v) is 3.32. The van der Waals surface area contributed by atoms with Crippen molar-refractivity contribution in [3.63, 3.8) is 0 Å². The lowest BCUT2D eigenvalue weighted by Crippen LogP contribution is -2.44. The molecule has 1 aliphatic rings. The van der Waals surface area contributed by atoms with Crippen LogP contribution in [0.2, 0.25) is 0 Å². The minimum absolute atomic E-state index is 0.0183. The van der Waals surface area contributed by atoms with E-state index in [1.54, 1.807) is 13.4 Å². The van der Waals surface area contributed by atoms with Gasteiger partial charge in [0.2, 0.25) is 0 Å². The van der Waals surface area contributed by atoms with E-state index in [0.29, 0.717) is 32.0 Å². The molecule has 0 bridgehead atoms. The van der Waals surface area contributed by atoms with Crippen molar-refractivity contribution in [1.82, 2.24) is 34.9 Å². The van der Waals surface area contributed by atoms with Crippen LogP contribution in [-0.2, 0) is 17.7 Å². The van der Waals surface area contributed by atoms with Crippen LogP contribution in [0.15, 0.2) is 18.6 Å². The Morgan fingerprint density at radius 3 is 2.93 bits per heavy atom. The lowest BCUT2D eigenvalue weighted by molar-refractivity contribution is 0.180. The zero-order valence-corrected chi connectivity index (χ0v) is 16.0. The Hall–Kier alpha value is -2.55. The monoisotopic (exact) mass is 373 g/mol. The molecule has 0 unspecified atom stereocenters. The van der Waals surface area contributed by atoms with Gasteiger partial charge >= 0.3 is 6.03 Å². The molecule has 9 heteroatoms. The predicted molar refractivity (Wildman–Crippen MR) is 99.3 cm³/mol. The molecule has 1 N–H and O–H groups in total. The van der Waals surface area contributed by atoms with Gasteiger partial charge in [0.05, 0.1) is 6.61 Å². The van der Waals surface area contributed by atoms with Crippen LogP contribution in [-0.4, -0.2) is 69.0 Å². The number of rotatable bonds is 7. The number of methoxy groups -OCH3 is 1. The van der Waals surface area contributed by atoms with Crippen molar-refractivity contribution in [2.45, 2.75) is 38.6 Å². The van der Waals surface area contributed by atoms with Gasteiger partial charge < -0.3 is 19.5 Å². The first-order chi connectivity index (χ1) is 13.2. The average molecular weight is 373 g/mol. The molecule has 146 valence electrons. The van der Waals surface area contributed by atoms with Crippen molar-refractivity contribution in [2.24, 2.45) is 0 Å². The lowest BCUT2D eigenvalue weighted by Gasteiger charge is -2.31. The Morgan fingerprint density at radius 2 is 2.19 bits per heavy atom. The van der Waals surface area contributed by atoms with Crippen LogP contribution in [0.4, 0.5) is 4.79 Å². The molecule has 0 aliphatic carbocycles. The summed E-state index contributed by atoms with van der Waals surface area (Å²) in [6, 6.07) is 1.96. The maximum absolute atomic E-state index is 12.4. The van der Waals surface area contributed by atoms with Gasteiger partial charge in [-0.1, -0.05) is 0 Å². The number of nitrogens with one attached hydrogen (secondary N) is 1. The third kappa shape index (κ3) is 5.22. The summed E-state index contributed by atoms with van der Waals surface area (Å²) < 4.78 is 7.03. The smallest absolute Gasteiger partial charge is 0.317 e. The molecule has 1 saturated heterocycles. The van der Waals surface area contributed by atoms with Gasteiger partial charge in [0, 0.05) is 57.5 Å². The highest BCUT2D eigenvalue weighted by atomic mass is 16.5. The van der Waals surface area contributed by atoms with Gasteiger partial charge in [0.25, 0.3) is 0 Å². The lowest BCUT2D eigenvalue weighted by atomic mass is 9.93. The molecule has 0 radical (unpaired) electrons. The summed E-state index contributed by atoms with van der Waals surface area (Å²) in [4.78, 5) is 23.0. The number of carbonyl (C=O) groups excluding carboxylic acids is 1. The van der Waals surface area contributed by atoms with Gasteiger partial charge in [0.1, 0.15) is 18.0 Å². The fourth-order valence-electron chi connectivity index (χ4n) is 3.32. The molecule has 1 fully saturated rings. The zero-order valence-electron chi connectivity index (χ0n) is 16.0. The maximum atomic E-state index is 12.4. The summed E-state index contributed by atoms with van der Waals surface area (Å²) in [5.74, 6) is 2.05. The van der Waals surface area contributed by atoms with Crippen LogP contribution >= 0.6 is 0 Å². The predicted octanol–water partition coefficient (Wildman–Crippen LogP) is 1.15. The highest BCUT2D eigenvalue weighted by Crippen LogP contribution is 2.26. The molecular weight excluding hydrogens is 346 g/mol. The Labute approximate surface area is 159 Å². The second kappa shape index (κ2) is 9.40. The number of ether oxygens (including phenoxy) is 1. The Bertz CT molecular complexity index is 741. The minimum atomic E-state index is -0.0183. The summed E-state index contributed by atoms with van der Waals surface area (Å²) >= 11 is 0. The number of hydrogen-bond acceptors (Lipinski definition) is 6. The molecule has 3 heterocycles. The van der Waals surface area contributed by atoms with Crippen LogP contribution in [0, 0.1) is 6.92 Å². The molecule has 1 aliphatic heterocycles. The summed E-state index contributed by atoms with van der Waals surface area (Å²) in [5, 5.41) is 11.0. The molecule has 0 spiro atoms. The van der Waals surface area contributed by atoms with Crippen LogP contribution in [0.3, 0.4) is 0 Å². The molecule has 2 aromatic heterocycles. The summed E-state index contributed by atoms with van der Waals surface area (Å²) in [5.41, 5.74) is 1.08. The standard InChI is InChI=1S/C18H27N7O2/c1-14-19-7-3-16(22-14)15-5-9-24(10-6-15)18(26)20-8-4-17-23-21-13-25(17)11-12-27-2/h3,7,13,15H,4-6,8-12H2,1-2H3,(H,20,26). The Kier molecular flexibility index (Phi) is 6.69. The fraction of sp³-hybridized carbons (Fsp3) is 0.611. The highest BCUT2D eigenvalue weighted by molar-refractivity contribution is 5.74. The summed E-state index contributed by atoms with van der Waals surface area (Å²) in [6.45, 7) is 5.24.